The molecule has 9 aromatic rings. The minimum atomic E-state index is -1.79. The fraction of sp³-hybridized carbons (Fsp3) is 0.0800. The molecule has 2 nitrogen and oxygen atoms in total. The van der Waals surface area contributed by atoms with E-state index in [2.05, 4.69) is 143 Å². The Kier molecular flexibility index (Phi) is 11.2. The van der Waals surface area contributed by atoms with Crippen LogP contribution in [0.5, 0.6) is 0 Å². The summed E-state index contributed by atoms with van der Waals surface area (Å²) in [7, 11) is 0. The second-order valence-corrected chi connectivity index (χ2v) is 25.9. The maximum absolute atomic E-state index is 8.75. The summed E-state index contributed by atoms with van der Waals surface area (Å²) in [6, 6.07) is 61.7. The van der Waals surface area contributed by atoms with Gasteiger partial charge in [-0.05, 0) is 56.5 Å². The maximum Gasteiger partial charge on any atom is 0 e. The molecule has 0 amide bonds. The summed E-state index contributed by atoms with van der Waals surface area (Å²) in [5, 5.41) is 2.39. The second-order valence-electron chi connectivity index (χ2n) is 14.2. The van der Waals surface area contributed by atoms with Gasteiger partial charge in [0, 0.05) is 33.7 Å². The molecule has 0 aliphatic heterocycles. The van der Waals surface area contributed by atoms with Crippen molar-refractivity contribution in [2.24, 2.45) is 0 Å². The van der Waals surface area contributed by atoms with Gasteiger partial charge in [-0.15, -0.1) is 23.8 Å². The number of aromatic nitrogens is 2. The molecule has 0 atom stereocenters. The third-order valence-electron chi connectivity index (χ3n) is 9.43. The number of hydrogen-bond acceptors (Lipinski definition) is 3. The van der Waals surface area contributed by atoms with Gasteiger partial charge in [0.2, 0.25) is 0 Å². The molecule has 3 aromatic heterocycles. The average Bonchev–Trinajstić information content (AvgIpc) is 3.63. The van der Waals surface area contributed by atoms with Gasteiger partial charge in [0.1, 0.15) is 0 Å². The molecule has 55 heavy (non-hydrogen) atoms. The van der Waals surface area contributed by atoms with Crippen molar-refractivity contribution in [1.29, 1.82) is 0 Å². The van der Waals surface area contributed by atoms with E-state index in [1.54, 1.807) is 23.6 Å². The van der Waals surface area contributed by atoms with E-state index in [0.717, 1.165) is 27.2 Å². The molecule has 9 rings (SSSR count). The van der Waals surface area contributed by atoms with E-state index in [1.807, 2.05) is 60.7 Å². The number of thiophene rings is 1. The van der Waals surface area contributed by atoms with Gasteiger partial charge in [-0.2, -0.15) is 11.3 Å². The molecule has 0 spiro atoms. The summed E-state index contributed by atoms with van der Waals surface area (Å²) >= 11 is -0.0536. The maximum atomic E-state index is 8.75. The first-order valence-corrected chi connectivity index (χ1v) is 26.3. The van der Waals surface area contributed by atoms with Gasteiger partial charge in [0.05, 0.1) is 0 Å². The third kappa shape index (κ3) is 8.96. The zero-order valence-electron chi connectivity index (χ0n) is 32.9. The van der Waals surface area contributed by atoms with Crippen molar-refractivity contribution in [3.05, 3.63) is 199 Å². The zero-order valence-corrected chi connectivity index (χ0v) is 36.2. The standard InChI is InChI=1S/C30H20NS.C20H20GeN.Ir/c1-3-8-21(9-4-1)18-22-16-17-31-28(19-22)27-13-7-12-26-25-15-14-24(20-29(25)32-30(26)27)23-10-5-2-6-11-23;1-21(2,3)19-12-13-20(22-15-19)18-11-7-10-17(14-18)16-8-5-4-6-9-16;/h1-12,14-17,19-20H,18H2;4-10,12-15H,1-3H3;/q2*-1;/i18D2;;. The van der Waals surface area contributed by atoms with Crippen LogP contribution >= 0.6 is 11.3 Å². The summed E-state index contributed by atoms with van der Waals surface area (Å²) in [5.74, 6) is 7.16. The molecule has 271 valence electrons. The molecule has 0 fully saturated rings. The van der Waals surface area contributed by atoms with Crippen molar-refractivity contribution >= 4 is 49.2 Å². The Bertz CT molecular complexity index is 2750. The fourth-order valence-corrected chi connectivity index (χ4v) is 9.92. The van der Waals surface area contributed by atoms with Gasteiger partial charge in [-0.25, -0.2) is 0 Å². The van der Waals surface area contributed by atoms with Crippen LogP contribution in [-0.2, 0) is 26.5 Å². The van der Waals surface area contributed by atoms with Crippen molar-refractivity contribution in [3.8, 4) is 44.8 Å². The average molecular weight is 968 g/mol. The van der Waals surface area contributed by atoms with Crippen LogP contribution in [0.15, 0.2) is 176 Å². The summed E-state index contributed by atoms with van der Waals surface area (Å²) < 4.78 is 21.3. The molecule has 1 radical (unpaired) electrons. The molecule has 0 saturated carbocycles. The molecule has 0 saturated heterocycles. The van der Waals surface area contributed by atoms with Crippen LogP contribution in [0.25, 0.3) is 64.9 Å². The van der Waals surface area contributed by atoms with Gasteiger partial charge < -0.3 is 4.98 Å². The molecule has 0 unspecified atom stereocenters. The molecule has 0 aliphatic rings. The predicted molar refractivity (Wildman–Crippen MR) is 233 cm³/mol. The Morgan fingerprint density at radius 3 is 1.93 bits per heavy atom. The minimum Gasteiger partial charge on any atom is 0 e. The van der Waals surface area contributed by atoms with Crippen LogP contribution in [-0.4, -0.2) is 23.2 Å². The van der Waals surface area contributed by atoms with E-state index in [-0.39, 0.29) is 20.1 Å². The van der Waals surface area contributed by atoms with Crippen molar-refractivity contribution in [3.63, 3.8) is 0 Å². The van der Waals surface area contributed by atoms with Gasteiger partial charge in [-0.3, -0.25) is 0 Å². The Morgan fingerprint density at radius 2 is 1.25 bits per heavy atom. The first kappa shape index (κ1) is 35.7. The van der Waals surface area contributed by atoms with Gasteiger partial charge >= 0.3 is 135 Å². The smallest absolute Gasteiger partial charge is 0 e. The molecule has 0 aliphatic carbocycles. The van der Waals surface area contributed by atoms with E-state index in [4.69, 9.17) is 2.74 Å². The number of nitrogens with zero attached hydrogens (tertiary/aromatic N) is 2. The molecule has 0 N–H and O–H groups in total. The van der Waals surface area contributed by atoms with E-state index in [9.17, 15) is 0 Å². The third-order valence-corrected chi connectivity index (χ3v) is 14.9. The summed E-state index contributed by atoms with van der Waals surface area (Å²) in [6.45, 7) is 0. The van der Waals surface area contributed by atoms with E-state index < -0.39 is 19.6 Å². The van der Waals surface area contributed by atoms with Crippen LogP contribution in [0, 0.1) is 12.1 Å². The summed E-state index contributed by atoms with van der Waals surface area (Å²) in [4.78, 5) is 9.28. The Labute approximate surface area is 347 Å². The Balaban J connectivity index is 0.000000188. The second kappa shape index (κ2) is 17.2. The number of rotatable bonds is 7. The molecule has 5 heteroatoms. The van der Waals surface area contributed by atoms with Crippen molar-refractivity contribution in [2.75, 3.05) is 0 Å². The minimum absolute atomic E-state index is 0. The predicted octanol–water partition coefficient (Wildman–Crippen LogP) is 12.9. The Hall–Kier alpha value is -4.97. The monoisotopic (exact) mass is 969 g/mol. The van der Waals surface area contributed by atoms with Crippen molar-refractivity contribution in [2.45, 2.75) is 23.6 Å². The molecular weight excluding hydrogens is 925 g/mol. The number of pyridine rings is 2. The van der Waals surface area contributed by atoms with Crippen LogP contribution in [0.1, 0.15) is 13.9 Å². The largest absolute Gasteiger partial charge is 0 e. The molecule has 6 aromatic carbocycles. The number of hydrogen-bond donors (Lipinski definition) is 0. The van der Waals surface area contributed by atoms with E-state index in [0.29, 0.717) is 11.1 Å². The topological polar surface area (TPSA) is 25.8 Å². The van der Waals surface area contributed by atoms with Crippen molar-refractivity contribution < 1.29 is 22.8 Å². The number of benzene rings is 6. The first-order valence-electron chi connectivity index (χ1n) is 19.1. The van der Waals surface area contributed by atoms with E-state index in [1.165, 1.54) is 42.1 Å². The molecule has 3 heterocycles. The van der Waals surface area contributed by atoms with Gasteiger partial charge in [0.25, 0.3) is 0 Å². The van der Waals surface area contributed by atoms with Crippen LogP contribution < -0.4 is 4.40 Å². The zero-order chi connectivity index (χ0) is 38.7. The normalized spacial score (nSPS) is 11.9. The van der Waals surface area contributed by atoms with Crippen LogP contribution in [0.4, 0.5) is 0 Å². The molecular formula is C50H40GeIrN2S-2. The fourth-order valence-electron chi connectivity index (χ4n) is 6.50. The van der Waals surface area contributed by atoms with E-state index >= 15 is 0 Å². The SMILES string of the molecule is [2H]C([2H])(c1ccccc1)c1ccnc(-c2[c-]ccc3c2sc2cc(-c4ccccc4)ccc23)c1.[CH3][Ge]([CH3])([CH3])[c]1ccc(-c2[c-]ccc(-c3ccccc3)c2)nc1.[Ir]. The van der Waals surface area contributed by atoms with Gasteiger partial charge in [0.15, 0.2) is 0 Å². The quantitative estimate of drug-likeness (QED) is 0.117. The summed E-state index contributed by atoms with van der Waals surface area (Å²) in [6.07, 6.45) is 2.13. The van der Waals surface area contributed by atoms with Crippen LogP contribution in [0.2, 0.25) is 17.3 Å². The van der Waals surface area contributed by atoms with Crippen LogP contribution in [0.3, 0.4) is 0 Å². The molecule has 0 bridgehead atoms. The first-order chi connectivity index (χ1) is 27.1. The number of fused-ring (bicyclic) bond motifs is 3. The summed E-state index contributed by atoms with van der Waals surface area (Å²) in [5.41, 5.74) is 9.72. The van der Waals surface area contributed by atoms with Gasteiger partial charge in [-0.1, -0.05) is 84.2 Å². The Morgan fingerprint density at radius 1 is 0.582 bits per heavy atom. The van der Waals surface area contributed by atoms with Crippen molar-refractivity contribution in [1.82, 2.24) is 9.97 Å².